The third-order valence-corrected chi connectivity index (χ3v) is 22.3. The van der Waals surface area contributed by atoms with E-state index in [1.165, 1.54) is 18.2 Å². The number of anilines is 7. The predicted octanol–water partition coefficient (Wildman–Crippen LogP) is 22.8. The summed E-state index contributed by atoms with van der Waals surface area (Å²) in [7, 11) is 12.1. The zero-order valence-corrected chi connectivity index (χ0v) is 84.3. The van der Waals surface area contributed by atoms with E-state index in [1.807, 2.05) is 300 Å². The Morgan fingerprint density at radius 1 is 0.292 bits per heavy atom. The lowest BCUT2D eigenvalue weighted by molar-refractivity contribution is 0.00580. The highest BCUT2D eigenvalue weighted by Crippen LogP contribution is 2.36. The summed E-state index contributed by atoms with van der Waals surface area (Å²) in [5.41, 5.74) is 13.1. The number of nitrogens with one attached hydrogen (secondary N) is 4. The van der Waals surface area contributed by atoms with Crippen LogP contribution in [0.4, 0.5) is 39.8 Å². The van der Waals surface area contributed by atoms with Crippen LogP contribution in [-0.2, 0) is 14.2 Å². The number of aromatic carboxylic acids is 1. The number of carbonyl (C=O) groups is 8. The van der Waals surface area contributed by atoms with Gasteiger partial charge in [0.1, 0.15) is 28.3 Å². The second kappa shape index (κ2) is 49.5. The molecule has 7 N–H and O–H groups in total. The van der Waals surface area contributed by atoms with E-state index in [4.69, 9.17) is 14.2 Å². The first kappa shape index (κ1) is 107. The molecule has 0 spiro atoms. The summed E-state index contributed by atoms with van der Waals surface area (Å²) in [5.74, 6) is -4.57. The number of halogens is 1. The molecule has 0 saturated carbocycles. The molecule has 0 fully saturated rings. The Balaban J connectivity index is 0.000000205. The highest BCUT2D eigenvalue weighted by Gasteiger charge is 2.29. The Labute approximate surface area is 820 Å². The van der Waals surface area contributed by atoms with Gasteiger partial charge in [-0.05, 0) is 327 Å². The number of nitrogens with zero attached hydrogens (tertiary/aromatic N) is 6. The fraction of sp³-hybridized carbons (Fsp3) is 0.286. The van der Waals surface area contributed by atoms with Crippen molar-refractivity contribution in [1.82, 2.24) is 14.7 Å². The molecule has 0 heterocycles. The van der Waals surface area contributed by atoms with Gasteiger partial charge in [0.25, 0.3) is 23.6 Å². The van der Waals surface area contributed by atoms with Crippen molar-refractivity contribution in [3.8, 4) is 56.0 Å². The number of phenolic OH excluding ortho intramolecular Hbond substituents is 2. The molecule has 0 aliphatic heterocycles. The molecule has 0 aliphatic rings. The lowest BCUT2D eigenvalue weighted by Crippen LogP contribution is -2.31. The van der Waals surface area contributed by atoms with Crippen molar-refractivity contribution < 1.29 is 67.9 Å². The van der Waals surface area contributed by atoms with Crippen LogP contribution in [-0.4, -0.2) is 196 Å². The minimum atomic E-state index is -1.15. The molecular formula is C112H129IN10O14. The number of ether oxygens (including phenoxy) is 3. The molecular weight excluding hydrogens is 1840 g/mol. The largest absolute Gasteiger partial charge is 0.507 e. The fourth-order valence-electron chi connectivity index (χ4n) is 14.4. The fourth-order valence-corrected chi connectivity index (χ4v) is 14.9. The highest BCUT2D eigenvalue weighted by molar-refractivity contribution is 14.1. The second-order valence-electron chi connectivity index (χ2n) is 36.6. The maximum absolute atomic E-state index is 13.6. The molecule has 718 valence electrons. The molecule has 0 aromatic heterocycles. The second-order valence-corrected chi connectivity index (χ2v) is 37.9. The Kier molecular flexibility index (Phi) is 38.5. The van der Waals surface area contributed by atoms with Crippen LogP contribution < -0.4 is 36.0 Å². The number of carboxylic acids is 1. The minimum absolute atomic E-state index is 0.0279. The SMILES string of the molecule is CCN(CCN(C)C)c1ccc(C)c(C(=O)Nc2cc(-c3ccccc3)ccc2C(=O)OC(C)(C)C)c1.CCN(CCN(C)C)c1ccc(O)c(C(=O)Nc2cc(-c3ccccc3)ccc2C(=O)O)c1.CCN(CCN(C)C)c1ccc(O)c(C(=O)Nc2cc(-c3ccccc3)ccc2C(=O)OC(C)(C)C)c1.Cc1ccc(I)cc1C(=O)Nc1cc(-c2ccccc2)ccc1C(=O)OC(C)(C)C. The Bertz CT molecular complexity index is 5980. The monoisotopic (exact) mass is 1960 g/mol. The Hall–Kier alpha value is -14.0. The summed E-state index contributed by atoms with van der Waals surface area (Å²) in [6, 6.07) is 81.2. The number of carbonyl (C=O) groups excluding carboxylic acids is 7. The number of benzene rings is 12. The van der Waals surface area contributed by atoms with Gasteiger partial charge in [-0.15, -0.1) is 0 Å². The van der Waals surface area contributed by atoms with Gasteiger partial charge in [0.05, 0.1) is 56.1 Å². The van der Waals surface area contributed by atoms with Crippen molar-refractivity contribution in [2.75, 3.05) is 137 Å². The van der Waals surface area contributed by atoms with E-state index in [0.717, 1.165) is 135 Å². The minimum Gasteiger partial charge on any atom is -0.507 e. The Morgan fingerprint density at radius 3 is 0.810 bits per heavy atom. The number of likely N-dealkylation sites (N-methyl/N-ethyl adjacent to an activating group) is 6. The van der Waals surface area contributed by atoms with Crippen LogP contribution >= 0.6 is 22.6 Å². The van der Waals surface area contributed by atoms with E-state index >= 15 is 0 Å². The third-order valence-electron chi connectivity index (χ3n) is 21.6. The van der Waals surface area contributed by atoms with E-state index in [2.05, 4.69) is 80.2 Å². The first-order valence-electron chi connectivity index (χ1n) is 45.6. The van der Waals surface area contributed by atoms with E-state index in [-0.39, 0.29) is 51.3 Å². The smallest absolute Gasteiger partial charge is 0.340 e. The number of esters is 3. The van der Waals surface area contributed by atoms with Crippen molar-refractivity contribution in [3.05, 3.63) is 326 Å². The summed E-state index contributed by atoms with van der Waals surface area (Å²) in [6.07, 6.45) is 0. The normalized spacial score (nSPS) is 11.2. The molecule has 0 bridgehead atoms. The number of carboxylic acid groups (broad SMARTS) is 1. The molecule has 0 radical (unpaired) electrons. The van der Waals surface area contributed by atoms with Gasteiger partial charge in [-0.2, -0.15) is 0 Å². The number of aryl methyl sites for hydroxylation is 2. The molecule has 0 atom stereocenters. The average Bonchev–Trinajstić information content (AvgIpc) is 0.809. The lowest BCUT2D eigenvalue weighted by Gasteiger charge is -2.26. The van der Waals surface area contributed by atoms with Crippen LogP contribution in [0.25, 0.3) is 44.5 Å². The van der Waals surface area contributed by atoms with Crippen LogP contribution in [0.3, 0.4) is 0 Å². The molecule has 137 heavy (non-hydrogen) atoms. The van der Waals surface area contributed by atoms with Crippen LogP contribution in [0.15, 0.2) is 267 Å². The van der Waals surface area contributed by atoms with E-state index < -0.39 is 52.5 Å². The van der Waals surface area contributed by atoms with Crippen LogP contribution in [0.1, 0.15) is 177 Å². The summed E-state index contributed by atoms with van der Waals surface area (Å²) in [5, 5.41) is 42.0. The highest BCUT2D eigenvalue weighted by atomic mass is 127. The quantitative estimate of drug-likeness (QED) is 0.0121. The van der Waals surface area contributed by atoms with Gasteiger partial charge in [-0.3, -0.25) is 19.2 Å². The topological polar surface area (TPSA) is 292 Å². The molecule has 12 aromatic rings. The third kappa shape index (κ3) is 32.1. The van der Waals surface area contributed by atoms with E-state index in [9.17, 15) is 53.7 Å². The van der Waals surface area contributed by atoms with Crippen molar-refractivity contribution >= 4 is 110 Å². The van der Waals surface area contributed by atoms with Gasteiger partial charge >= 0.3 is 23.9 Å². The first-order chi connectivity index (χ1) is 64.9. The summed E-state index contributed by atoms with van der Waals surface area (Å²) < 4.78 is 17.7. The summed E-state index contributed by atoms with van der Waals surface area (Å²) >= 11 is 2.18. The average molecular weight is 1970 g/mol. The number of hydrogen-bond acceptors (Lipinski definition) is 19. The van der Waals surface area contributed by atoms with Gasteiger partial charge in [0.15, 0.2) is 0 Å². The molecule has 0 saturated heterocycles. The van der Waals surface area contributed by atoms with Gasteiger partial charge in [0, 0.05) is 90.7 Å². The maximum atomic E-state index is 13.6. The number of phenols is 2. The molecule has 12 rings (SSSR count). The maximum Gasteiger partial charge on any atom is 0.340 e. The number of hydrogen-bond donors (Lipinski definition) is 7. The van der Waals surface area contributed by atoms with Gasteiger partial charge < -0.3 is 80.2 Å². The molecule has 12 aromatic carbocycles. The molecule has 4 amide bonds. The standard InChI is InChI=1S/C31H39N3O3.C30H37N3O4.C26H29N3O4.C25H24INO3/c1-8-34(19-18-33(6)7)25-16-14-22(2)27(21-25)29(35)32-28-20-24(23-12-10-9-11-13-23)15-17-26(28)30(36)37-31(3,4)5;1-7-33(18-17-32(5)6)23-14-16-27(34)25(20-23)28(35)31-26-19-22(21-11-9-8-10-12-21)13-15-24(26)29(36)37-30(2,3)4;1-4-29(15-14-28(2)3)20-11-13-24(30)22(17-20)25(31)27-23-16-19(10-12-21(23)26(32)33)18-8-6-5-7-9-18;1-16-10-12-19(26)15-21(16)23(28)27-22-14-18(17-8-6-5-7-9-17)11-13-20(22)24(29)30-25(2,3)4/h9-17,20-21H,8,18-19H2,1-7H3,(H,32,35);8-16,19-20,34H,7,17-18H2,1-6H3,(H,31,35);5-13,16-17,30H,4,14-15H2,1-3H3,(H,27,31)(H,32,33);5-15H,1-4H3,(H,27,28). The van der Waals surface area contributed by atoms with Crippen LogP contribution in [0.2, 0.25) is 0 Å². The summed E-state index contributed by atoms with van der Waals surface area (Å²) in [6.45, 7) is 33.6. The van der Waals surface area contributed by atoms with Gasteiger partial charge in [0.2, 0.25) is 0 Å². The van der Waals surface area contributed by atoms with Crippen LogP contribution in [0, 0.1) is 17.4 Å². The van der Waals surface area contributed by atoms with Gasteiger partial charge in [-0.25, -0.2) is 19.2 Å². The van der Waals surface area contributed by atoms with Crippen molar-refractivity contribution in [2.45, 2.75) is 114 Å². The van der Waals surface area contributed by atoms with Crippen LogP contribution in [0.5, 0.6) is 11.5 Å². The number of amides is 4. The molecule has 0 unspecified atom stereocenters. The lowest BCUT2D eigenvalue weighted by atomic mass is 10.0. The zero-order valence-electron chi connectivity index (χ0n) is 82.2. The zero-order chi connectivity index (χ0) is 100. The summed E-state index contributed by atoms with van der Waals surface area (Å²) in [4.78, 5) is 117. The Morgan fingerprint density at radius 2 is 0.540 bits per heavy atom. The van der Waals surface area contributed by atoms with E-state index in [0.29, 0.717) is 39.3 Å². The number of rotatable bonds is 31. The molecule has 0 aliphatic carbocycles. The van der Waals surface area contributed by atoms with E-state index in [1.54, 1.807) is 81.4 Å². The van der Waals surface area contributed by atoms with Crippen molar-refractivity contribution in [1.29, 1.82) is 0 Å². The number of aromatic hydroxyl groups is 2. The first-order valence-corrected chi connectivity index (χ1v) is 46.7. The predicted molar refractivity (Wildman–Crippen MR) is 562 cm³/mol. The van der Waals surface area contributed by atoms with Crippen molar-refractivity contribution in [3.63, 3.8) is 0 Å². The van der Waals surface area contributed by atoms with Gasteiger partial charge in [-0.1, -0.05) is 158 Å². The van der Waals surface area contributed by atoms with Crippen molar-refractivity contribution in [2.24, 2.45) is 0 Å². The molecule has 25 heteroatoms. The molecule has 24 nitrogen and oxygen atoms in total.